The number of aromatic hydroxyl groups is 12. The van der Waals surface area contributed by atoms with E-state index in [0.29, 0.717) is 117 Å². The van der Waals surface area contributed by atoms with E-state index in [-0.39, 0.29) is 69.0 Å². The molecule has 12 nitrogen and oxygen atoms in total. The van der Waals surface area contributed by atoms with Crippen LogP contribution >= 0.6 is 0 Å². The minimum atomic E-state index is -1.14. The van der Waals surface area contributed by atoms with Crippen LogP contribution in [0.25, 0.3) is 66.8 Å². The third kappa shape index (κ3) is 12.2. The molecule has 0 atom stereocenters. The van der Waals surface area contributed by atoms with Crippen molar-refractivity contribution in [3.63, 3.8) is 0 Å². The number of hydrogen-bond acceptors (Lipinski definition) is 12. The van der Waals surface area contributed by atoms with E-state index in [2.05, 4.69) is 0 Å². The molecule has 0 aromatic heterocycles. The summed E-state index contributed by atoms with van der Waals surface area (Å²) in [5.74, 6) is -4.20. The van der Waals surface area contributed by atoms with Gasteiger partial charge < -0.3 is 61.3 Å². The summed E-state index contributed by atoms with van der Waals surface area (Å²) < 4.78 is 0. The molecule has 0 amide bonds. The van der Waals surface area contributed by atoms with Crippen molar-refractivity contribution in [1.29, 1.82) is 0 Å². The van der Waals surface area contributed by atoms with Crippen LogP contribution in [0.1, 0.15) is 67.8 Å². The van der Waals surface area contributed by atoms with Crippen LogP contribution in [-0.4, -0.2) is 61.3 Å². The Labute approximate surface area is 535 Å². The molecule has 0 heterocycles. The van der Waals surface area contributed by atoms with E-state index in [9.17, 15) is 61.3 Å². The molecule has 13 aromatic carbocycles. The highest BCUT2D eigenvalue weighted by atomic mass is 16.3. The van der Waals surface area contributed by atoms with Gasteiger partial charge in [-0.25, -0.2) is 0 Å². The molecule has 12 heteroatoms. The van der Waals surface area contributed by atoms with Gasteiger partial charge in [0.25, 0.3) is 0 Å². The van der Waals surface area contributed by atoms with Gasteiger partial charge in [0.1, 0.15) is 69.0 Å². The summed E-state index contributed by atoms with van der Waals surface area (Å²) in [5.41, 5.74) is 11.0. The summed E-state index contributed by atoms with van der Waals surface area (Å²) in [6, 6.07) is 75.8. The normalized spacial score (nSPS) is 11.4. The molecule has 13 rings (SSSR count). The highest BCUT2D eigenvalue weighted by Gasteiger charge is 2.33. The van der Waals surface area contributed by atoms with Crippen LogP contribution in [0.5, 0.6) is 69.0 Å². The maximum Gasteiger partial charge on any atom is 0.119 e. The molecule has 456 valence electrons. The van der Waals surface area contributed by atoms with E-state index in [0.717, 1.165) is 0 Å². The zero-order valence-corrected chi connectivity index (χ0v) is 49.6. The van der Waals surface area contributed by atoms with Gasteiger partial charge in [0, 0.05) is 51.1 Å². The molecular weight excluding hydrogens is 1160 g/mol. The van der Waals surface area contributed by atoms with Crippen LogP contribution in [0.2, 0.25) is 0 Å². The molecule has 0 spiro atoms. The zero-order valence-electron chi connectivity index (χ0n) is 49.6. The van der Waals surface area contributed by atoms with Gasteiger partial charge in [0.2, 0.25) is 0 Å². The van der Waals surface area contributed by atoms with Crippen LogP contribution in [0, 0.1) is 0 Å². The van der Waals surface area contributed by atoms with Crippen LogP contribution in [0.15, 0.2) is 273 Å². The largest absolute Gasteiger partial charge is 0.508 e. The fourth-order valence-electron chi connectivity index (χ4n) is 12.5. The molecule has 93 heavy (non-hydrogen) atoms. The second-order valence-corrected chi connectivity index (χ2v) is 23.2. The molecule has 0 saturated heterocycles. The minimum absolute atomic E-state index is 0.0404. The van der Waals surface area contributed by atoms with Crippen molar-refractivity contribution in [2.45, 2.75) is 17.8 Å². The molecule has 12 N–H and O–H groups in total. The van der Waals surface area contributed by atoms with Gasteiger partial charge in [-0.15, -0.1) is 0 Å². The standard InChI is InChI=1S/C81H60O12/c82-61-19-1-46(2-20-61)52-13-31-73(88)67(40-52)79(68-41-53(14-32-74(68)89)47-3-21-62(83)22-4-47)58-37-59(80(69-42-54(15-33-75(69)90)48-5-23-63(84)24-6-48)70-43-55(16-34-76(70)91)49-7-25-64(85)26-8-49)39-60(38-58)81(71-44-56(17-35-77(71)92)50-9-27-65(86)28-10-50)72-45-57(18-36-78(72)93)51-11-29-66(87)30-12-51/h1-45,79-93H. The molecule has 0 aliphatic heterocycles. The Kier molecular flexibility index (Phi) is 15.8. The van der Waals surface area contributed by atoms with Gasteiger partial charge in [-0.1, -0.05) is 127 Å². The highest BCUT2D eigenvalue weighted by Crippen LogP contribution is 2.52. The number of phenolic OH excluding ortho intramolecular Hbond substituents is 12. The summed E-state index contributed by atoms with van der Waals surface area (Å²) in [5, 5.41) is 138. The van der Waals surface area contributed by atoms with Gasteiger partial charge in [0.15, 0.2) is 0 Å². The van der Waals surface area contributed by atoms with E-state index in [1.807, 2.05) is 18.2 Å². The molecule has 0 radical (unpaired) electrons. The van der Waals surface area contributed by atoms with Crippen molar-refractivity contribution in [3.8, 4) is 136 Å². The lowest BCUT2D eigenvalue weighted by Gasteiger charge is -2.29. The van der Waals surface area contributed by atoms with Crippen molar-refractivity contribution < 1.29 is 61.3 Å². The average Bonchev–Trinajstić information content (AvgIpc) is 0.772. The molecule has 0 aliphatic rings. The van der Waals surface area contributed by atoms with Gasteiger partial charge >= 0.3 is 0 Å². The van der Waals surface area contributed by atoms with E-state index in [1.165, 1.54) is 0 Å². The average molecular weight is 1230 g/mol. The Morgan fingerprint density at radius 1 is 0.140 bits per heavy atom. The van der Waals surface area contributed by atoms with Gasteiger partial charge in [-0.2, -0.15) is 0 Å². The van der Waals surface area contributed by atoms with E-state index in [4.69, 9.17) is 0 Å². The summed E-state index contributed by atoms with van der Waals surface area (Å²) in [6.45, 7) is 0. The fourth-order valence-corrected chi connectivity index (χ4v) is 12.5. The summed E-state index contributed by atoms with van der Waals surface area (Å²) in [4.78, 5) is 0. The van der Waals surface area contributed by atoms with Crippen LogP contribution in [0.4, 0.5) is 0 Å². The monoisotopic (exact) mass is 1220 g/mol. The third-order valence-electron chi connectivity index (χ3n) is 17.2. The SMILES string of the molecule is Oc1ccc(-c2ccc(O)c(C(c3cc(C(c4cc(-c5ccc(O)cc5)ccc4O)c4cc(-c5ccc(O)cc5)ccc4O)cc(C(c4cc(-c5ccc(O)cc5)ccc4O)c4cc(-c5ccc(O)cc5)ccc4O)c3)c3cc(-c4ccc(O)cc4)ccc3O)c2)cc1. The van der Waals surface area contributed by atoms with E-state index >= 15 is 0 Å². The number of benzene rings is 13. The first-order valence-corrected chi connectivity index (χ1v) is 29.9. The quantitative estimate of drug-likeness (QED) is 0.0429. The van der Waals surface area contributed by atoms with Crippen molar-refractivity contribution in [2.75, 3.05) is 0 Å². The molecule has 0 bridgehead atoms. The van der Waals surface area contributed by atoms with Gasteiger partial charge in [0.05, 0.1) is 0 Å². The molecular formula is C81H60O12. The minimum Gasteiger partial charge on any atom is -0.508 e. The Morgan fingerprint density at radius 3 is 0.409 bits per heavy atom. The number of phenols is 12. The van der Waals surface area contributed by atoms with Gasteiger partial charge in [-0.3, -0.25) is 0 Å². The van der Waals surface area contributed by atoms with Crippen molar-refractivity contribution in [3.05, 3.63) is 323 Å². The Hall–Kier alpha value is -12.5. The molecule has 13 aromatic rings. The van der Waals surface area contributed by atoms with Crippen LogP contribution < -0.4 is 0 Å². The van der Waals surface area contributed by atoms with E-state index < -0.39 is 17.8 Å². The topological polar surface area (TPSA) is 243 Å². The zero-order chi connectivity index (χ0) is 64.6. The smallest absolute Gasteiger partial charge is 0.119 e. The molecule has 0 unspecified atom stereocenters. The lowest BCUT2D eigenvalue weighted by molar-refractivity contribution is 0.458. The Balaban J connectivity index is 1.18. The Morgan fingerprint density at radius 2 is 0.269 bits per heavy atom. The lowest BCUT2D eigenvalue weighted by Crippen LogP contribution is -2.13. The first-order chi connectivity index (χ1) is 45.0. The first-order valence-electron chi connectivity index (χ1n) is 29.9. The maximum absolute atomic E-state index is 12.6. The van der Waals surface area contributed by atoms with Crippen molar-refractivity contribution in [2.24, 2.45) is 0 Å². The van der Waals surface area contributed by atoms with Crippen molar-refractivity contribution >= 4 is 0 Å². The first kappa shape index (κ1) is 59.4. The summed E-state index contributed by atoms with van der Waals surface area (Å²) in [6.07, 6.45) is 0. The second kappa shape index (κ2) is 24.8. The number of rotatable bonds is 15. The Bertz CT molecular complexity index is 4120. The van der Waals surface area contributed by atoms with Gasteiger partial charge in [-0.05, 0) is 229 Å². The third-order valence-corrected chi connectivity index (χ3v) is 17.2. The molecule has 0 aliphatic carbocycles. The van der Waals surface area contributed by atoms with E-state index in [1.54, 1.807) is 255 Å². The molecule has 0 saturated carbocycles. The highest BCUT2D eigenvalue weighted by molar-refractivity contribution is 5.76. The van der Waals surface area contributed by atoms with Crippen LogP contribution in [-0.2, 0) is 0 Å². The maximum atomic E-state index is 12.6. The molecule has 0 fully saturated rings. The summed E-state index contributed by atoms with van der Waals surface area (Å²) in [7, 11) is 0. The fraction of sp³-hybridized carbons (Fsp3) is 0.0370. The predicted octanol–water partition coefficient (Wildman–Crippen LogP) is 17.7. The summed E-state index contributed by atoms with van der Waals surface area (Å²) >= 11 is 0. The lowest BCUT2D eigenvalue weighted by atomic mass is 9.74. The predicted molar refractivity (Wildman–Crippen MR) is 361 cm³/mol. The number of hydrogen-bond donors (Lipinski definition) is 12. The second-order valence-electron chi connectivity index (χ2n) is 23.2. The van der Waals surface area contributed by atoms with Crippen LogP contribution in [0.3, 0.4) is 0 Å². The van der Waals surface area contributed by atoms with Crippen molar-refractivity contribution in [1.82, 2.24) is 0 Å².